The summed E-state index contributed by atoms with van der Waals surface area (Å²) in [5.74, 6) is 0.0857. The highest BCUT2D eigenvalue weighted by Crippen LogP contribution is 2.28. The summed E-state index contributed by atoms with van der Waals surface area (Å²) in [5, 5.41) is 0. The number of sulfonamides is 2. The molecule has 2 aliphatic rings. The monoisotopic (exact) mass is 567 g/mol. The molecule has 2 fully saturated rings. The first kappa shape index (κ1) is 27.5. The molecule has 2 saturated heterocycles. The predicted molar refractivity (Wildman–Crippen MR) is 149 cm³/mol. The molecule has 3 aromatic carbocycles. The van der Waals surface area contributed by atoms with Crippen LogP contribution in [0.3, 0.4) is 0 Å². The highest BCUT2D eigenvalue weighted by Gasteiger charge is 2.45. The molecule has 0 saturated carbocycles. The summed E-state index contributed by atoms with van der Waals surface area (Å²) in [5.41, 5.74) is 1.26. The molecule has 0 spiro atoms. The van der Waals surface area contributed by atoms with Gasteiger partial charge in [-0.05, 0) is 55.0 Å². The summed E-state index contributed by atoms with van der Waals surface area (Å²) in [7, 11) is -7.91. The Bertz CT molecular complexity index is 1480. The van der Waals surface area contributed by atoms with Crippen molar-refractivity contribution in [2.45, 2.75) is 35.1 Å². The number of hydrogen-bond acceptors (Lipinski definition) is 5. The molecule has 3 aromatic rings. The van der Waals surface area contributed by atoms with Gasteiger partial charge in [-0.15, -0.1) is 0 Å². The number of carbonyl (C=O) groups is 1. The van der Waals surface area contributed by atoms with Gasteiger partial charge < -0.3 is 4.90 Å². The Kier molecular flexibility index (Phi) is 8.18. The van der Waals surface area contributed by atoms with Gasteiger partial charge >= 0.3 is 0 Å². The zero-order valence-electron chi connectivity index (χ0n) is 21.7. The van der Waals surface area contributed by atoms with Crippen molar-refractivity contribution in [3.05, 3.63) is 96.6 Å². The topological polar surface area (TPSA) is 95.1 Å². The Morgan fingerprint density at radius 3 is 1.74 bits per heavy atom. The van der Waals surface area contributed by atoms with E-state index in [1.54, 1.807) is 41.3 Å². The Labute approximate surface area is 231 Å². The molecule has 2 aliphatic heterocycles. The second-order valence-electron chi connectivity index (χ2n) is 10.1. The van der Waals surface area contributed by atoms with Crippen LogP contribution in [-0.4, -0.2) is 75.0 Å². The summed E-state index contributed by atoms with van der Waals surface area (Å²) < 4.78 is 56.6. The van der Waals surface area contributed by atoms with E-state index in [0.717, 1.165) is 19.3 Å². The van der Waals surface area contributed by atoms with Gasteiger partial charge in [-0.2, -0.15) is 8.61 Å². The van der Waals surface area contributed by atoms with Crippen LogP contribution in [0, 0.1) is 5.92 Å². The molecule has 0 aromatic heterocycles. The molecule has 8 nitrogen and oxygen atoms in total. The van der Waals surface area contributed by atoms with Gasteiger partial charge in [-0.25, -0.2) is 16.8 Å². The molecule has 10 heteroatoms. The largest absolute Gasteiger partial charge is 0.341 e. The van der Waals surface area contributed by atoms with E-state index in [-0.39, 0.29) is 35.3 Å². The molecule has 0 bridgehead atoms. The first-order valence-electron chi connectivity index (χ1n) is 13.2. The lowest BCUT2D eigenvalue weighted by Gasteiger charge is -2.42. The van der Waals surface area contributed by atoms with Gasteiger partial charge in [0.15, 0.2) is 0 Å². The smallest absolute Gasteiger partial charge is 0.243 e. The van der Waals surface area contributed by atoms with Crippen molar-refractivity contribution in [1.29, 1.82) is 0 Å². The third-order valence-corrected chi connectivity index (χ3v) is 11.4. The fourth-order valence-corrected chi connectivity index (χ4v) is 8.48. The van der Waals surface area contributed by atoms with Crippen LogP contribution >= 0.6 is 0 Å². The average molecular weight is 568 g/mol. The van der Waals surface area contributed by atoms with E-state index in [0.29, 0.717) is 19.0 Å². The predicted octanol–water partition coefficient (Wildman–Crippen LogP) is 3.23. The molecule has 0 aliphatic carbocycles. The SMILES string of the molecule is O=C([C@@H]1CN(S(=O)(=O)c2ccccc2)CCN1S(=O)(=O)c1ccccc1)N1CCC(Cc2ccccc2)CC1. The number of benzene rings is 3. The highest BCUT2D eigenvalue weighted by molar-refractivity contribution is 7.89. The maximum absolute atomic E-state index is 13.9. The molecule has 5 rings (SSSR count). The molecule has 206 valence electrons. The maximum atomic E-state index is 13.9. The van der Waals surface area contributed by atoms with E-state index < -0.39 is 26.1 Å². The number of hydrogen-bond donors (Lipinski definition) is 0. The van der Waals surface area contributed by atoms with E-state index in [2.05, 4.69) is 12.1 Å². The van der Waals surface area contributed by atoms with Crippen LogP contribution in [0.2, 0.25) is 0 Å². The molecule has 2 heterocycles. The van der Waals surface area contributed by atoms with E-state index in [9.17, 15) is 21.6 Å². The summed E-state index contributed by atoms with van der Waals surface area (Å²) >= 11 is 0. The lowest BCUT2D eigenvalue weighted by Crippen LogP contribution is -2.62. The van der Waals surface area contributed by atoms with Crippen molar-refractivity contribution in [1.82, 2.24) is 13.5 Å². The van der Waals surface area contributed by atoms with Gasteiger partial charge in [-0.1, -0.05) is 66.7 Å². The third kappa shape index (κ3) is 5.94. The number of likely N-dealkylation sites (tertiary alicyclic amines) is 1. The fraction of sp³-hybridized carbons (Fsp3) is 0.345. The van der Waals surface area contributed by atoms with Crippen molar-refractivity contribution < 1.29 is 21.6 Å². The van der Waals surface area contributed by atoms with Crippen LogP contribution < -0.4 is 0 Å². The van der Waals surface area contributed by atoms with E-state index in [1.807, 2.05) is 18.2 Å². The maximum Gasteiger partial charge on any atom is 0.243 e. The second kappa shape index (κ2) is 11.6. The molecule has 1 atom stereocenters. The number of carbonyl (C=O) groups excluding carboxylic acids is 1. The summed E-state index contributed by atoms with van der Waals surface area (Å²) in [6.45, 7) is 0.650. The van der Waals surface area contributed by atoms with Gasteiger partial charge in [0.25, 0.3) is 0 Å². The van der Waals surface area contributed by atoms with Gasteiger partial charge in [0, 0.05) is 32.7 Å². The number of piperazine rings is 1. The first-order chi connectivity index (χ1) is 18.8. The number of nitrogens with zero attached hydrogens (tertiary/aromatic N) is 3. The van der Waals surface area contributed by atoms with Crippen LogP contribution in [0.1, 0.15) is 18.4 Å². The summed E-state index contributed by atoms with van der Waals surface area (Å²) in [6.07, 6.45) is 2.56. The van der Waals surface area contributed by atoms with Crippen molar-refractivity contribution in [3.8, 4) is 0 Å². The quantitative estimate of drug-likeness (QED) is 0.437. The number of rotatable bonds is 7. The lowest BCUT2D eigenvalue weighted by molar-refractivity contribution is -0.137. The number of piperidine rings is 1. The van der Waals surface area contributed by atoms with Crippen molar-refractivity contribution in [3.63, 3.8) is 0 Å². The van der Waals surface area contributed by atoms with Crippen LogP contribution in [0.4, 0.5) is 0 Å². The minimum Gasteiger partial charge on any atom is -0.341 e. The van der Waals surface area contributed by atoms with E-state index >= 15 is 0 Å². The Hall–Kier alpha value is -3.05. The van der Waals surface area contributed by atoms with Crippen LogP contribution in [-0.2, 0) is 31.3 Å². The average Bonchev–Trinajstić information content (AvgIpc) is 2.98. The zero-order valence-corrected chi connectivity index (χ0v) is 23.3. The van der Waals surface area contributed by atoms with Gasteiger partial charge in [0.1, 0.15) is 6.04 Å². The van der Waals surface area contributed by atoms with Gasteiger partial charge in [0.05, 0.1) is 9.79 Å². The Morgan fingerprint density at radius 2 is 1.18 bits per heavy atom. The molecule has 0 unspecified atom stereocenters. The third-order valence-electron chi connectivity index (χ3n) is 7.60. The molecular weight excluding hydrogens is 534 g/mol. The van der Waals surface area contributed by atoms with Gasteiger partial charge in [0.2, 0.25) is 26.0 Å². The zero-order chi connectivity index (χ0) is 27.5. The molecular formula is C29H33N3O5S2. The molecule has 1 amide bonds. The van der Waals surface area contributed by atoms with Crippen molar-refractivity contribution in [2.75, 3.05) is 32.7 Å². The molecule has 0 N–H and O–H groups in total. The van der Waals surface area contributed by atoms with E-state index in [4.69, 9.17) is 0 Å². The Morgan fingerprint density at radius 1 is 0.667 bits per heavy atom. The molecule has 0 radical (unpaired) electrons. The Balaban J connectivity index is 1.37. The van der Waals surface area contributed by atoms with Gasteiger partial charge in [-0.3, -0.25) is 4.79 Å². The van der Waals surface area contributed by atoms with Crippen LogP contribution in [0.15, 0.2) is 101 Å². The number of amides is 1. The lowest BCUT2D eigenvalue weighted by atomic mass is 9.90. The van der Waals surface area contributed by atoms with Crippen LogP contribution in [0.5, 0.6) is 0 Å². The second-order valence-corrected chi connectivity index (χ2v) is 13.9. The van der Waals surface area contributed by atoms with E-state index in [1.165, 1.54) is 38.4 Å². The van der Waals surface area contributed by atoms with Crippen molar-refractivity contribution >= 4 is 26.0 Å². The van der Waals surface area contributed by atoms with Crippen LogP contribution in [0.25, 0.3) is 0 Å². The standard InChI is InChI=1S/C29H33N3O5S2/c33-29(30-18-16-25(17-19-30)22-24-10-4-1-5-11-24)28-23-31(38(34,35)26-12-6-2-7-13-26)20-21-32(28)39(36,37)27-14-8-3-9-15-27/h1-15,25,28H,16-23H2/t28-/m0/s1. The normalized spacial score (nSPS) is 20.1. The summed E-state index contributed by atoms with van der Waals surface area (Å²) in [6, 6.07) is 25.1. The van der Waals surface area contributed by atoms with Crippen molar-refractivity contribution in [2.24, 2.45) is 5.92 Å². The first-order valence-corrected chi connectivity index (χ1v) is 16.1. The minimum atomic E-state index is -4.02. The highest BCUT2D eigenvalue weighted by atomic mass is 32.2. The fourth-order valence-electron chi connectivity index (χ4n) is 5.43. The molecule has 39 heavy (non-hydrogen) atoms. The minimum absolute atomic E-state index is 0.0355. The summed E-state index contributed by atoms with van der Waals surface area (Å²) in [4.78, 5) is 15.8.